The van der Waals surface area contributed by atoms with E-state index in [9.17, 15) is 0 Å². The lowest BCUT2D eigenvalue weighted by molar-refractivity contribution is 0.00578. The summed E-state index contributed by atoms with van der Waals surface area (Å²) in [7, 11) is -0.296. The molecular weight excluding hydrogens is 225 g/mol. The first-order valence-corrected chi connectivity index (χ1v) is 6.39. The second kappa shape index (κ2) is 3.68. The lowest BCUT2D eigenvalue weighted by Crippen LogP contribution is -2.41. The van der Waals surface area contributed by atoms with Crippen molar-refractivity contribution in [3.05, 3.63) is 36.0 Å². The minimum absolute atomic E-state index is 0.293. The van der Waals surface area contributed by atoms with Gasteiger partial charge in [0.15, 0.2) is 0 Å². The first kappa shape index (κ1) is 11.9. The Balaban J connectivity index is 1.85. The molecule has 0 radical (unpaired) electrons. The van der Waals surface area contributed by atoms with E-state index in [1.54, 1.807) is 0 Å². The topological polar surface area (TPSA) is 30.8 Å². The summed E-state index contributed by atoms with van der Waals surface area (Å²) < 4.78 is 12.1. The maximum Gasteiger partial charge on any atom is 0.494 e. The molecule has 1 aliphatic carbocycles. The van der Waals surface area contributed by atoms with E-state index in [1.807, 2.05) is 6.20 Å². The fourth-order valence-corrected chi connectivity index (χ4v) is 2.26. The molecule has 0 spiro atoms. The molecule has 3 nitrogen and oxygen atoms in total. The van der Waals surface area contributed by atoms with Crippen LogP contribution >= 0.6 is 0 Å². The largest absolute Gasteiger partial charge is 0.494 e. The van der Waals surface area contributed by atoms with Gasteiger partial charge in [-0.2, -0.15) is 0 Å². The molecule has 0 aromatic heterocycles. The van der Waals surface area contributed by atoms with E-state index in [2.05, 4.69) is 57.0 Å². The highest BCUT2D eigenvalue weighted by molar-refractivity contribution is 6.56. The summed E-state index contributed by atoms with van der Waals surface area (Å²) in [6, 6.07) is 0. The van der Waals surface area contributed by atoms with Crippen molar-refractivity contribution >= 4 is 12.8 Å². The number of rotatable bonds is 1. The Morgan fingerprint density at radius 2 is 1.78 bits per heavy atom. The molecule has 3 rings (SSSR count). The third kappa shape index (κ3) is 1.71. The van der Waals surface area contributed by atoms with E-state index in [-0.39, 0.29) is 18.3 Å². The van der Waals surface area contributed by atoms with Gasteiger partial charge in [0, 0.05) is 12.1 Å². The number of aliphatic imine (C=N–C) groups is 1. The van der Waals surface area contributed by atoms with E-state index >= 15 is 0 Å². The van der Waals surface area contributed by atoms with Crippen LogP contribution in [0.15, 0.2) is 41.0 Å². The van der Waals surface area contributed by atoms with E-state index in [0.29, 0.717) is 5.92 Å². The summed E-state index contributed by atoms with van der Waals surface area (Å²) in [5.41, 5.74) is 1.53. The summed E-state index contributed by atoms with van der Waals surface area (Å²) in [5, 5.41) is 0. The predicted molar refractivity (Wildman–Crippen MR) is 73.4 cm³/mol. The molecule has 0 aromatic carbocycles. The molecule has 94 valence electrons. The smallest absolute Gasteiger partial charge is 0.399 e. The number of fused-ring (bicyclic) bond motifs is 1. The Morgan fingerprint density at radius 3 is 2.44 bits per heavy atom. The van der Waals surface area contributed by atoms with Crippen LogP contribution in [0, 0.1) is 5.92 Å². The van der Waals surface area contributed by atoms with Crippen LogP contribution in [0.1, 0.15) is 27.7 Å². The molecule has 1 saturated heterocycles. The van der Waals surface area contributed by atoms with Gasteiger partial charge in [0.05, 0.1) is 16.9 Å². The Bertz CT molecular complexity index is 484. The molecule has 1 atom stereocenters. The monoisotopic (exact) mass is 243 g/mol. The average molecular weight is 243 g/mol. The highest BCUT2D eigenvalue weighted by Crippen LogP contribution is 2.39. The van der Waals surface area contributed by atoms with Crippen LogP contribution in [-0.4, -0.2) is 24.0 Å². The molecule has 1 fully saturated rings. The minimum atomic E-state index is -0.296. The highest BCUT2D eigenvalue weighted by atomic mass is 16.7. The molecule has 0 unspecified atom stereocenters. The maximum absolute atomic E-state index is 6.03. The van der Waals surface area contributed by atoms with Crippen molar-refractivity contribution in [2.24, 2.45) is 10.9 Å². The standard InChI is InChI=1S/C14H18BNO2/c1-13(2)14(3,4)18-15(17-13)11-6-5-10-7-8-16-12(10)9-11/h5-10H,1-4H3/t10-/m0/s1. The van der Waals surface area contributed by atoms with Gasteiger partial charge in [0.2, 0.25) is 0 Å². The van der Waals surface area contributed by atoms with Crippen molar-refractivity contribution in [1.82, 2.24) is 0 Å². The van der Waals surface area contributed by atoms with Crippen molar-refractivity contribution < 1.29 is 9.31 Å². The summed E-state index contributed by atoms with van der Waals surface area (Å²) in [4.78, 5) is 4.35. The van der Waals surface area contributed by atoms with Crippen LogP contribution in [0.2, 0.25) is 0 Å². The average Bonchev–Trinajstić information content (AvgIpc) is 2.80. The van der Waals surface area contributed by atoms with Crippen LogP contribution in [0.5, 0.6) is 0 Å². The fraction of sp³-hybridized carbons (Fsp3) is 0.500. The number of nitrogens with zero attached hydrogens (tertiary/aromatic N) is 1. The molecule has 0 aromatic rings. The molecule has 18 heavy (non-hydrogen) atoms. The van der Waals surface area contributed by atoms with Crippen LogP contribution in [-0.2, 0) is 9.31 Å². The van der Waals surface area contributed by atoms with Gasteiger partial charge in [0.1, 0.15) is 0 Å². The molecule has 2 aliphatic heterocycles. The number of allylic oxidation sites excluding steroid dienone is 5. The zero-order valence-corrected chi connectivity index (χ0v) is 11.3. The zero-order chi connectivity index (χ0) is 13.0. The predicted octanol–water partition coefficient (Wildman–Crippen LogP) is 2.70. The van der Waals surface area contributed by atoms with E-state index in [4.69, 9.17) is 9.31 Å². The lowest BCUT2D eigenvalue weighted by Gasteiger charge is -2.32. The Morgan fingerprint density at radius 1 is 1.11 bits per heavy atom. The van der Waals surface area contributed by atoms with Gasteiger partial charge >= 0.3 is 7.12 Å². The molecule has 0 saturated carbocycles. The van der Waals surface area contributed by atoms with E-state index in [0.717, 1.165) is 11.2 Å². The Kier molecular flexibility index (Phi) is 2.44. The molecular formula is C14H18BNO2. The summed E-state index contributed by atoms with van der Waals surface area (Å²) in [6.07, 6.45) is 10.2. The maximum atomic E-state index is 6.03. The number of hydrogen-bond donors (Lipinski definition) is 0. The van der Waals surface area contributed by atoms with Crippen molar-refractivity contribution in [1.29, 1.82) is 0 Å². The first-order valence-electron chi connectivity index (χ1n) is 6.39. The fourth-order valence-electron chi connectivity index (χ4n) is 2.26. The normalized spacial score (nSPS) is 31.3. The van der Waals surface area contributed by atoms with E-state index in [1.165, 1.54) is 0 Å². The molecule has 0 N–H and O–H groups in total. The molecule has 2 heterocycles. The molecule has 4 heteroatoms. The van der Waals surface area contributed by atoms with Crippen LogP contribution in [0.4, 0.5) is 0 Å². The zero-order valence-electron chi connectivity index (χ0n) is 11.3. The lowest BCUT2D eigenvalue weighted by atomic mass is 9.74. The van der Waals surface area contributed by atoms with Crippen LogP contribution < -0.4 is 0 Å². The summed E-state index contributed by atoms with van der Waals surface area (Å²) >= 11 is 0. The molecule has 0 bridgehead atoms. The SMILES string of the molecule is CC1(C)OB(C2=CC3=NC=C[C@@H]3C=C2)OC1(C)C. The van der Waals surface area contributed by atoms with E-state index < -0.39 is 0 Å². The van der Waals surface area contributed by atoms with Gasteiger partial charge < -0.3 is 9.31 Å². The van der Waals surface area contributed by atoms with Gasteiger partial charge in [-0.05, 0) is 39.2 Å². The van der Waals surface area contributed by atoms with Gasteiger partial charge in [-0.15, -0.1) is 0 Å². The van der Waals surface area contributed by atoms with Gasteiger partial charge in [-0.1, -0.05) is 18.2 Å². The molecule has 0 amide bonds. The minimum Gasteiger partial charge on any atom is -0.399 e. The van der Waals surface area contributed by atoms with Gasteiger partial charge in [-0.25, -0.2) is 0 Å². The molecule has 3 aliphatic rings. The van der Waals surface area contributed by atoms with Crippen LogP contribution in [0.3, 0.4) is 0 Å². The van der Waals surface area contributed by atoms with Crippen molar-refractivity contribution in [2.75, 3.05) is 0 Å². The third-order valence-corrected chi connectivity index (χ3v) is 4.19. The van der Waals surface area contributed by atoms with Crippen LogP contribution in [0.25, 0.3) is 0 Å². The first-order chi connectivity index (χ1) is 8.39. The quantitative estimate of drug-likeness (QED) is 0.663. The van der Waals surface area contributed by atoms with Crippen molar-refractivity contribution in [3.8, 4) is 0 Å². The van der Waals surface area contributed by atoms with Gasteiger partial charge in [-0.3, -0.25) is 4.99 Å². The summed E-state index contributed by atoms with van der Waals surface area (Å²) in [5.74, 6) is 0.330. The van der Waals surface area contributed by atoms with Crippen molar-refractivity contribution in [3.63, 3.8) is 0 Å². The third-order valence-electron chi connectivity index (χ3n) is 4.19. The number of hydrogen-bond acceptors (Lipinski definition) is 3. The highest BCUT2D eigenvalue weighted by Gasteiger charge is 2.52. The van der Waals surface area contributed by atoms with Crippen molar-refractivity contribution in [2.45, 2.75) is 38.9 Å². The summed E-state index contributed by atoms with van der Waals surface area (Å²) in [6.45, 7) is 8.27. The second-order valence-corrected chi connectivity index (χ2v) is 6.01. The Hall–Kier alpha value is -1.13. The second-order valence-electron chi connectivity index (χ2n) is 6.01. The Labute approximate surface area is 108 Å². The van der Waals surface area contributed by atoms with Gasteiger partial charge in [0.25, 0.3) is 0 Å².